The molecule has 0 saturated heterocycles. The highest BCUT2D eigenvalue weighted by molar-refractivity contribution is 5.80. The van der Waals surface area contributed by atoms with E-state index in [1.54, 1.807) is 0 Å². The maximum Gasteiger partial charge on any atom is 0.322 e. The molecule has 6 nitrogen and oxygen atoms in total. The van der Waals surface area contributed by atoms with Gasteiger partial charge in [-0.15, -0.1) is 0 Å². The van der Waals surface area contributed by atoms with Crippen molar-refractivity contribution in [2.45, 2.75) is 142 Å². The summed E-state index contributed by atoms with van der Waals surface area (Å²) in [7, 11) is 0. The number of carbonyl (C=O) groups is 3. The summed E-state index contributed by atoms with van der Waals surface area (Å²) in [6.45, 7) is 3.97. The number of unbranched alkanes of at least 4 members (excludes halogenated alkanes) is 6. The van der Waals surface area contributed by atoms with Crippen LogP contribution in [0.15, 0.2) is 97.2 Å². The largest absolute Gasteiger partial charge is 0.480 e. The first-order valence-corrected chi connectivity index (χ1v) is 18.4. The number of ether oxygens (including phenoxy) is 1. The number of esters is 1. The Morgan fingerprint density at radius 2 is 1.08 bits per heavy atom. The van der Waals surface area contributed by atoms with Crippen LogP contribution < -0.4 is 5.32 Å². The third-order valence-electron chi connectivity index (χ3n) is 7.21. The Bertz CT molecular complexity index is 1040. The molecule has 0 fully saturated rings. The number of rotatable bonds is 31. The molecule has 0 aromatic carbocycles. The van der Waals surface area contributed by atoms with E-state index in [4.69, 9.17) is 9.84 Å². The van der Waals surface area contributed by atoms with Crippen LogP contribution in [0, 0.1) is 0 Å². The van der Waals surface area contributed by atoms with E-state index in [0.29, 0.717) is 19.3 Å². The zero-order chi connectivity index (χ0) is 35.2. The smallest absolute Gasteiger partial charge is 0.322 e. The van der Waals surface area contributed by atoms with Crippen molar-refractivity contribution < 1.29 is 24.2 Å². The number of carboxylic acid groups (broad SMARTS) is 1. The minimum atomic E-state index is -1.04. The van der Waals surface area contributed by atoms with Gasteiger partial charge in [0.05, 0.1) is 0 Å². The third kappa shape index (κ3) is 35.2. The van der Waals surface area contributed by atoms with Gasteiger partial charge in [0.15, 0.2) is 0 Å². The van der Waals surface area contributed by atoms with E-state index in [2.05, 4.69) is 110 Å². The summed E-state index contributed by atoms with van der Waals surface area (Å²) < 4.78 is 5.81. The predicted octanol–water partition coefficient (Wildman–Crippen LogP) is 11.0. The Morgan fingerprint density at radius 1 is 0.583 bits per heavy atom. The molecule has 6 heteroatoms. The fraction of sp³-hybridized carbons (Fsp3) is 0.548. The lowest BCUT2D eigenvalue weighted by molar-refractivity contribution is -0.147. The molecule has 1 amide bonds. The van der Waals surface area contributed by atoms with E-state index in [1.165, 1.54) is 0 Å². The van der Waals surface area contributed by atoms with Gasteiger partial charge >= 0.3 is 11.9 Å². The number of carboxylic acids is 1. The Kier molecular flexibility index (Phi) is 33.4. The molecule has 0 aliphatic rings. The zero-order valence-electron chi connectivity index (χ0n) is 30.0. The van der Waals surface area contributed by atoms with E-state index in [9.17, 15) is 14.4 Å². The van der Waals surface area contributed by atoms with E-state index in [-0.39, 0.29) is 24.5 Å². The van der Waals surface area contributed by atoms with Crippen molar-refractivity contribution in [1.29, 1.82) is 0 Å². The van der Waals surface area contributed by atoms with Crippen LogP contribution in [-0.4, -0.2) is 35.6 Å². The molecule has 268 valence electrons. The molecule has 0 rings (SSSR count). The molecule has 0 aliphatic heterocycles. The second-order valence-electron chi connectivity index (χ2n) is 11.7. The lowest BCUT2D eigenvalue weighted by Gasteiger charge is -2.14. The number of aliphatic carboxylic acids is 1. The average molecular weight is 664 g/mol. The number of nitrogens with one attached hydrogen (secondary N) is 1. The second kappa shape index (κ2) is 36.2. The summed E-state index contributed by atoms with van der Waals surface area (Å²) in [5.74, 6) is -1.42. The minimum absolute atomic E-state index is 0.149. The minimum Gasteiger partial charge on any atom is -0.480 e. The summed E-state index contributed by atoms with van der Waals surface area (Å²) in [6.07, 6.45) is 51.2. The van der Waals surface area contributed by atoms with Crippen molar-refractivity contribution in [2.75, 3.05) is 6.54 Å². The summed E-state index contributed by atoms with van der Waals surface area (Å²) in [6, 6.07) is 0. The highest BCUT2D eigenvalue weighted by atomic mass is 16.5. The van der Waals surface area contributed by atoms with Crippen LogP contribution in [0.3, 0.4) is 0 Å². The first-order valence-electron chi connectivity index (χ1n) is 18.4. The number of hydrogen-bond donors (Lipinski definition) is 2. The van der Waals surface area contributed by atoms with Crippen LogP contribution >= 0.6 is 0 Å². The topological polar surface area (TPSA) is 92.7 Å². The van der Waals surface area contributed by atoms with Crippen molar-refractivity contribution in [3.8, 4) is 0 Å². The summed E-state index contributed by atoms with van der Waals surface area (Å²) >= 11 is 0. The molecule has 0 heterocycles. The van der Waals surface area contributed by atoms with Crippen LogP contribution in [0.25, 0.3) is 0 Å². The van der Waals surface area contributed by atoms with Crippen LogP contribution in [0.2, 0.25) is 0 Å². The SMILES string of the molecule is CC/C=C\C/C=C\C/C=C\C/C=C\C/C=C\C/C=C\CCCCC(=O)OC(/C=C\C/C=C\CCC)CCCCCCC(=O)NCC(=O)O. The van der Waals surface area contributed by atoms with Crippen LogP contribution in [0.1, 0.15) is 136 Å². The molecule has 0 spiro atoms. The quantitative estimate of drug-likeness (QED) is 0.0437. The van der Waals surface area contributed by atoms with E-state index >= 15 is 0 Å². The number of hydrogen-bond acceptors (Lipinski definition) is 4. The molecule has 0 bridgehead atoms. The molecule has 0 radical (unpaired) electrons. The van der Waals surface area contributed by atoms with Gasteiger partial charge in [-0.1, -0.05) is 124 Å². The van der Waals surface area contributed by atoms with Crippen LogP contribution in [0.4, 0.5) is 0 Å². The Morgan fingerprint density at radius 3 is 1.65 bits per heavy atom. The second-order valence-corrected chi connectivity index (χ2v) is 11.7. The van der Waals surface area contributed by atoms with Gasteiger partial charge in [-0.25, -0.2) is 0 Å². The molecule has 48 heavy (non-hydrogen) atoms. The Hall–Kier alpha value is -3.67. The van der Waals surface area contributed by atoms with Gasteiger partial charge in [-0.2, -0.15) is 0 Å². The summed E-state index contributed by atoms with van der Waals surface area (Å²) in [4.78, 5) is 34.7. The predicted molar refractivity (Wildman–Crippen MR) is 203 cm³/mol. The number of carbonyl (C=O) groups excluding carboxylic acids is 2. The summed E-state index contributed by atoms with van der Waals surface area (Å²) in [5, 5.41) is 11.0. The lowest BCUT2D eigenvalue weighted by atomic mass is 10.1. The highest BCUT2D eigenvalue weighted by Gasteiger charge is 2.11. The maximum atomic E-state index is 12.6. The van der Waals surface area contributed by atoms with E-state index in [0.717, 1.165) is 103 Å². The highest BCUT2D eigenvalue weighted by Crippen LogP contribution is 2.13. The Labute approximate surface area is 292 Å². The van der Waals surface area contributed by atoms with Gasteiger partial charge < -0.3 is 15.2 Å². The molecule has 0 aromatic rings. The van der Waals surface area contributed by atoms with Gasteiger partial charge in [-0.05, 0) is 96.0 Å². The lowest BCUT2D eigenvalue weighted by Crippen LogP contribution is -2.28. The fourth-order valence-corrected chi connectivity index (χ4v) is 4.53. The third-order valence-corrected chi connectivity index (χ3v) is 7.21. The van der Waals surface area contributed by atoms with Crippen molar-refractivity contribution in [2.24, 2.45) is 0 Å². The molecular weight excluding hydrogens is 598 g/mol. The van der Waals surface area contributed by atoms with E-state index in [1.807, 2.05) is 6.08 Å². The van der Waals surface area contributed by atoms with Gasteiger partial charge in [0.1, 0.15) is 12.6 Å². The van der Waals surface area contributed by atoms with Gasteiger partial charge in [0.25, 0.3) is 0 Å². The van der Waals surface area contributed by atoms with Crippen molar-refractivity contribution in [1.82, 2.24) is 5.32 Å². The zero-order valence-corrected chi connectivity index (χ0v) is 30.0. The fourth-order valence-electron chi connectivity index (χ4n) is 4.53. The molecule has 0 aromatic heterocycles. The normalized spacial score (nSPS) is 13.2. The average Bonchev–Trinajstić information content (AvgIpc) is 3.07. The van der Waals surface area contributed by atoms with Crippen molar-refractivity contribution in [3.05, 3.63) is 97.2 Å². The molecule has 0 aliphatic carbocycles. The van der Waals surface area contributed by atoms with Crippen molar-refractivity contribution >= 4 is 17.8 Å². The maximum absolute atomic E-state index is 12.6. The summed E-state index contributed by atoms with van der Waals surface area (Å²) in [5.41, 5.74) is 0. The number of allylic oxidation sites excluding steroid dienone is 15. The first kappa shape index (κ1) is 44.3. The van der Waals surface area contributed by atoms with Gasteiger partial charge in [0.2, 0.25) is 5.91 Å². The van der Waals surface area contributed by atoms with Crippen molar-refractivity contribution in [3.63, 3.8) is 0 Å². The first-order chi connectivity index (χ1) is 23.5. The molecule has 1 atom stereocenters. The monoisotopic (exact) mass is 663 g/mol. The molecule has 0 saturated carbocycles. The van der Waals surface area contributed by atoms with Gasteiger partial charge in [0, 0.05) is 12.8 Å². The molecular formula is C42H65NO5. The van der Waals surface area contributed by atoms with Crippen LogP contribution in [0.5, 0.6) is 0 Å². The van der Waals surface area contributed by atoms with E-state index < -0.39 is 5.97 Å². The molecule has 2 N–H and O–H groups in total. The Balaban J connectivity index is 4.17. The standard InChI is InChI=1S/C42H65NO5/c1-3-5-7-9-11-12-13-14-15-16-17-18-19-20-21-22-23-24-25-27-33-37-42(47)48-39(34-30-26-10-8-6-4-2)35-31-28-29-32-36-40(44)43-38-41(45)46/h5,7-8,10-12,14-15,17-18,20-21,23-24,30,34,39H,3-4,6,9,13,16,19,22,25-29,31-33,35-38H2,1-2H3,(H,43,44)(H,45,46)/b7-5-,10-8-,12-11-,15-14-,18-17-,21-20-,24-23-,34-30-. The number of amides is 1. The molecule has 1 unspecified atom stereocenters. The van der Waals surface area contributed by atoms with Crippen LogP contribution in [-0.2, 0) is 19.1 Å². The van der Waals surface area contributed by atoms with Gasteiger partial charge in [-0.3, -0.25) is 14.4 Å².